The summed E-state index contributed by atoms with van der Waals surface area (Å²) in [4.78, 5) is 13.9. The Hall–Kier alpha value is -2.14. The summed E-state index contributed by atoms with van der Waals surface area (Å²) >= 11 is 5.94. The molecule has 186 valence electrons. The maximum Gasteiger partial charge on any atom is 0.254 e. The van der Waals surface area contributed by atoms with Crippen LogP contribution in [-0.4, -0.2) is 60.5 Å². The first-order chi connectivity index (χ1) is 15.7. The van der Waals surface area contributed by atoms with E-state index in [4.69, 9.17) is 11.6 Å². The number of rotatable bonds is 7. The molecule has 1 amide bonds. The summed E-state index contributed by atoms with van der Waals surface area (Å²) in [6, 6.07) is 5.44. The Morgan fingerprint density at radius 3 is 2.53 bits per heavy atom. The van der Waals surface area contributed by atoms with Gasteiger partial charge in [0.2, 0.25) is 10.0 Å². The Morgan fingerprint density at radius 2 is 1.91 bits per heavy atom. The molecule has 1 fully saturated rings. The van der Waals surface area contributed by atoms with Gasteiger partial charge >= 0.3 is 0 Å². The highest BCUT2D eigenvalue weighted by Crippen LogP contribution is 2.33. The maximum atomic E-state index is 15.5. The van der Waals surface area contributed by atoms with Crippen molar-refractivity contribution in [3.05, 3.63) is 58.6 Å². The number of benzene rings is 2. The molecule has 0 unspecified atom stereocenters. The summed E-state index contributed by atoms with van der Waals surface area (Å²) in [5.74, 6) is -2.65. The van der Waals surface area contributed by atoms with Crippen LogP contribution in [0, 0.1) is 11.6 Å². The van der Waals surface area contributed by atoms with E-state index < -0.39 is 58.0 Å². The van der Waals surface area contributed by atoms with Gasteiger partial charge in [-0.15, -0.1) is 0 Å². The number of halogens is 4. The topological polar surface area (TPSA) is 86.7 Å². The lowest BCUT2D eigenvalue weighted by molar-refractivity contribution is -0.149. The molecule has 11 heteroatoms. The largest absolute Gasteiger partial charge is 0.381 e. The van der Waals surface area contributed by atoms with Crippen LogP contribution in [0.3, 0.4) is 0 Å². The second-order valence-electron chi connectivity index (χ2n) is 8.75. The monoisotopic (exact) mass is 518 g/mol. The molecule has 0 radical (unpaired) electrons. The molecule has 0 aromatic heterocycles. The number of carbonyl (C=O) groups excluding carboxylic acids is 1. The van der Waals surface area contributed by atoms with Crippen LogP contribution in [0.25, 0.3) is 11.1 Å². The molecule has 0 spiro atoms. The molecule has 0 saturated carbocycles. The fraction of sp³-hybridized carbons (Fsp3) is 0.435. The van der Waals surface area contributed by atoms with Gasteiger partial charge in [0.25, 0.3) is 5.91 Å². The van der Waals surface area contributed by atoms with Crippen molar-refractivity contribution in [1.82, 2.24) is 9.62 Å². The summed E-state index contributed by atoms with van der Waals surface area (Å²) in [7, 11) is -3.87. The van der Waals surface area contributed by atoms with Gasteiger partial charge in [-0.05, 0) is 51.0 Å². The minimum atomic E-state index is -3.87. The van der Waals surface area contributed by atoms with E-state index in [9.17, 15) is 27.1 Å². The molecular formula is C23H26ClF3N2O4S. The van der Waals surface area contributed by atoms with Crippen LogP contribution < -0.4 is 4.72 Å². The van der Waals surface area contributed by atoms with Gasteiger partial charge in [0, 0.05) is 16.1 Å². The van der Waals surface area contributed by atoms with Crippen molar-refractivity contribution in [2.24, 2.45) is 0 Å². The SMILES string of the molecule is CCS(=O)(=O)N[C@H]1[C@@H](F)CN(C(=O)C(C)(C)O)[C@H]1Cc1cccc(-c2cc(Cl)ccc2F)c1F. The van der Waals surface area contributed by atoms with Gasteiger partial charge in [0.05, 0.1) is 24.4 Å². The molecule has 2 N–H and O–H groups in total. The predicted octanol–water partition coefficient (Wildman–Crippen LogP) is 3.46. The summed E-state index contributed by atoms with van der Waals surface area (Å²) in [6.07, 6.45) is -2.06. The Balaban J connectivity index is 2.05. The van der Waals surface area contributed by atoms with Crippen molar-refractivity contribution in [2.45, 2.75) is 51.0 Å². The second-order valence-corrected chi connectivity index (χ2v) is 11.2. The van der Waals surface area contributed by atoms with Crippen molar-refractivity contribution in [1.29, 1.82) is 0 Å². The first-order valence-corrected chi connectivity index (χ1v) is 12.7. The lowest BCUT2D eigenvalue weighted by atomic mass is 9.95. The van der Waals surface area contributed by atoms with Gasteiger partial charge in [-0.1, -0.05) is 29.8 Å². The second kappa shape index (κ2) is 9.85. The van der Waals surface area contributed by atoms with Crippen LogP contribution >= 0.6 is 11.6 Å². The van der Waals surface area contributed by atoms with Gasteiger partial charge in [0.15, 0.2) is 0 Å². The Labute approximate surface area is 201 Å². The third-order valence-corrected chi connectivity index (χ3v) is 7.41. The van der Waals surface area contributed by atoms with Crippen molar-refractivity contribution in [3.63, 3.8) is 0 Å². The molecule has 34 heavy (non-hydrogen) atoms. The number of likely N-dealkylation sites (tertiary alicyclic amines) is 1. The van der Waals surface area contributed by atoms with E-state index in [0.717, 1.165) is 11.0 Å². The highest BCUT2D eigenvalue weighted by atomic mass is 35.5. The van der Waals surface area contributed by atoms with Gasteiger partial charge in [-0.25, -0.2) is 26.3 Å². The average molecular weight is 519 g/mol. The minimum absolute atomic E-state index is 0.0187. The summed E-state index contributed by atoms with van der Waals surface area (Å²) < 4.78 is 71.5. The van der Waals surface area contributed by atoms with E-state index in [0.29, 0.717) is 0 Å². The zero-order chi connectivity index (χ0) is 25.4. The van der Waals surface area contributed by atoms with Gasteiger partial charge in [-0.2, -0.15) is 0 Å². The number of aliphatic hydroxyl groups is 1. The average Bonchev–Trinajstić information content (AvgIpc) is 3.05. The van der Waals surface area contributed by atoms with Crippen molar-refractivity contribution in [3.8, 4) is 11.1 Å². The number of sulfonamides is 1. The lowest BCUT2D eigenvalue weighted by Crippen LogP contribution is -2.53. The molecule has 3 rings (SSSR count). The number of carbonyl (C=O) groups is 1. The van der Waals surface area contributed by atoms with E-state index in [2.05, 4.69) is 4.72 Å². The quantitative estimate of drug-likeness (QED) is 0.588. The molecular weight excluding hydrogens is 493 g/mol. The van der Waals surface area contributed by atoms with E-state index in [1.165, 1.54) is 51.1 Å². The summed E-state index contributed by atoms with van der Waals surface area (Å²) in [6.45, 7) is 3.36. The zero-order valence-electron chi connectivity index (χ0n) is 18.9. The maximum absolute atomic E-state index is 15.5. The summed E-state index contributed by atoms with van der Waals surface area (Å²) in [5.41, 5.74) is -2.00. The van der Waals surface area contributed by atoms with E-state index in [-0.39, 0.29) is 33.9 Å². The fourth-order valence-corrected chi connectivity index (χ4v) is 5.07. The molecule has 1 heterocycles. The van der Waals surface area contributed by atoms with Gasteiger partial charge < -0.3 is 10.0 Å². The molecule has 1 saturated heterocycles. The van der Waals surface area contributed by atoms with Crippen LogP contribution in [0.1, 0.15) is 26.3 Å². The van der Waals surface area contributed by atoms with Crippen LogP contribution in [0.4, 0.5) is 13.2 Å². The smallest absolute Gasteiger partial charge is 0.254 e. The van der Waals surface area contributed by atoms with E-state index in [1.54, 1.807) is 0 Å². The van der Waals surface area contributed by atoms with Gasteiger partial charge in [0.1, 0.15) is 23.4 Å². The summed E-state index contributed by atoms with van der Waals surface area (Å²) in [5, 5.41) is 10.4. The number of hydrogen-bond donors (Lipinski definition) is 2. The van der Waals surface area contributed by atoms with Crippen LogP contribution in [0.5, 0.6) is 0 Å². The van der Waals surface area contributed by atoms with Gasteiger partial charge in [-0.3, -0.25) is 4.79 Å². The van der Waals surface area contributed by atoms with Crippen molar-refractivity contribution < 1.29 is 31.5 Å². The number of hydrogen-bond acceptors (Lipinski definition) is 4. The lowest BCUT2D eigenvalue weighted by Gasteiger charge is -2.32. The number of amides is 1. The molecule has 0 bridgehead atoms. The van der Waals surface area contributed by atoms with E-state index >= 15 is 4.39 Å². The van der Waals surface area contributed by atoms with Crippen LogP contribution in [0.2, 0.25) is 5.02 Å². The Morgan fingerprint density at radius 1 is 1.24 bits per heavy atom. The standard InChI is InChI=1S/C23H26ClF3N2O4S/c1-4-34(32,33)28-21-18(26)12-29(22(30)23(2,3)31)19(21)10-13-6-5-7-15(20(13)27)16-11-14(24)8-9-17(16)25/h5-9,11,18-19,21,28,31H,4,10,12H2,1-3H3/t18-,19-,21-/m0/s1. The minimum Gasteiger partial charge on any atom is -0.381 e. The van der Waals surface area contributed by atoms with Crippen molar-refractivity contribution >= 4 is 27.5 Å². The van der Waals surface area contributed by atoms with Crippen LogP contribution in [-0.2, 0) is 21.2 Å². The van der Waals surface area contributed by atoms with Crippen LogP contribution in [0.15, 0.2) is 36.4 Å². The molecule has 3 atom stereocenters. The molecule has 1 aliphatic rings. The zero-order valence-corrected chi connectivity index (χ0v) is 20.4. The molecule has 1 aliphatic heterocycles. The third kappa shape index (κ3) is 5.56. The fourth-order valence-electron chi connectivity index (χ4n) is 4.01. The Bertz CT molecular complexity index is 1190. The normalized spacial score (nSPS) is 21.2. The van der Waals surface area contributed by atoms with E-state index in [1.807, 2.05) is 0 Å². The first-order valence-electron chi connectivity index (χ1n) is 10.7. The first kappa shape index (κ1) is 26.5. The molecule has 0 aliphatic carbocycles. The molecule has 2 aromatic rings. The highest BCUT2D eigenvalue weighted by molar-refractivity contribution is 7.89. The molecule has 2 aromatic carbocycles. The number of nitrogens with one attached hydrogen (secondary N) is 1. The predicted molar refractivity (Wildman–Crippen MR) is 124 cm³/mol. The molecule has 6 nitrogen and oxygen atoms in total. The van der Waals surface area contributed by atoms with Crippen molar-refractivity contribution in [2.75, 3.05) is 12.3 Å². The highest BCUT2D eigenvalue weighted by Gasteiger charge is 2.48. The number of nitrogens with zero attached hydrogens (tertiary/aromatic N) is 1. The third-order valence-electron chi connectivity index (χ3n) is 5.78. The number of alkyl halides is 1. The Kier molecular flexibility index (Phi) is 7.66.